The fourth-order valence-corrected chi connectivity index (χ4v) is 3.83. The molecular weight excluding hydrogens is 320 g/mol. The predicted molar refractivity (Wildman–Crippen MR) is 88.2 cm³/mol. The molecule has 0 amide bonds. The molecule has 0 atom stereocenters. The van der Waals surface area contributed by atoms with Crippen LogP contribution in [0.3, 0.4) is 0 Å². The fraction of sp³-hybridized carbons (Fsp3) is 0.600. The quantitative estimate of drug-likeness (QED) is 0.837. The summed E-state index contributed by atoms with van der Waals surface area (Å²) in [4.78, 5) is 10.6. The first-order valence-corrected chi connectivity index (χ1v) is 8.93. The summed E-state index contributed by atoms with van der Waals surface area (Å²) >= 11 is 7.68. The van der Waals surface area contributed by atoms with Crippen molar-refractivity contribution in [2.75, 3.05) is 26.2 Å². The molecule has 0 bridgehead atoms. The molecule has 7 heteroatoms. The Kier molecular flexibility index (Phi) is 5.46. The van der Waals surface area contributed by atoms with Crippen LogP contribution in [-0.4, -0.2) is 46.1 Å². The first-order chi connectivity index (χ1) is 10.7. The van der Waals surface area contributed by atoms with Crippen molar-refractivity contribution in [2.45, 2.75) is 32.9 Å². The van der Waals surface area contributed by atoms with Gasteiger partial charge in [0, 0.05) is 30.9 Å². The molecule has 1 saturated heterocycles. The highest BCUT2D eigenvalue weighted by atomic mass is 35.5. The summed E-state index contributed by atoms with van der Waals surface area (Å²) in [6.07, 6.45) is 1.96. The third-order valence-electron chi connectivity index (χ3n) is 3.87. The van der Waals surface area contributed by atoms with Crippen molar-refractivity contribution >= 4 is 22.9 Å². The molecule has 1 fully saturated rings. The lowest BCUT2D eigenvalue weighted by molar-refractivity contribution is 0.242. The molecule has 2 aromatic rings. The molecule has 22 heavy (non-hydrogen) atoms. The van der Waals surface area contributed by atoms with Crippen LogP contribution in [0.5, 0.6) is 0 Å². The molecule has 0 N–H and O–H groups in total. The van der Waals surface area contributed by atoms with Gasteiger partial charge in [0.15, 0.2) is 5.82 Å². The number of nitrogens with zero attached hydrogens (tertiary/aromatic N) is 4. The highest BCUT2D eigenvalue weighted by Gasteiger charge is 2.17. The monoisotopic (exact) mass is 340 g/mol. The van der Waals surface area contributed by atoms with Crippen LogP contribution in [0, 0.1) is 0 Å². The minimum atomic E-state index is 0.723. The average molecular weight is 341 g/mol. The number of rotatable bonds is 5. The molecule has 2 aromatic heterocycles. The molecule has 0 radical (unpaired) electrons. The van der Waals surface area contributed by atoms with Gasteiger partial charge in [-0.15, -0.1) is 11.3 Å². The first kappa shape index (κ1) is 15.9. The van der Waals surface area contributed by atoms with Crippen LogP contribution in [0.1, 0.15) is 29.9 Å². The normalized spacial score (nSPS) is 17.7. The lowest BCUT2D eigenvalue weighted by Crippen LogP contribution is -2.30. The van der Waals surface area contributed by atoms with Crippen molar-refractivity contribution in [3.8, 4) is 0 Å². The summed E-state index contributed by atoms with van der Waals surface area (Å²) in [6.45, 7) is 8.10. The van der Waals surface area contributed by atoms with E-state index < -0.39 is 0 Å². The molecule has 1 aliphatic rings. The molecule has 0 aromatic carbocycles. The topological polar surface area (TPSA) is 45.4 Å². The number of halogens is 1. The van der Waals surface area contributed by atoms with E-state index in [0.717, 1.165) is 68.2 Å². The van der Waals surface area contributed by atoms with Crippen molar-refractivity contribution in [3.63, 3.8) is 0 Å². The lowest BCUT2D eigenvalue weighted by atomic mass is 10.3. The molecule has 0 unspecified atom stereocenters. The van der Waals surface area contributed by atoms with Crippen molar-refractivity contribution in [3.05, 3.63) is 33.1 Å². The van der Waals surface area contributed by atoms with E-state index in [9.17, 15) is 0 Å². The summed E-state index contributed by atoms with van der Waals surface area (Å²) in [5.41, 5.74) is 0. The van der Waals surface area contributed by atoms with Gasteiger partial charge in [-0.3, -0.25) is 9.80 Å². The van der Waals surface area contributed by atoms with Crippen LogP contribution in [0.25, 0.3) is 0 Å². The van der Waals surface area contributed by atoms with Crippen LogP contribution in [0.15, 0.2) is 16.7 Å². The summed E-state index contributed by atoms with van der Waals surface area (Å²) in [5, 5.41) is 4.05. The average Bonchev–Trinajstić information content (AvgIpc) is 3.06. The van der Waals surface area contributed by atoms with Crippen LogP contribution in [0.4, 0.5) is 0 Å². The minimum Gasteiger partial charge on any atom is -0.339 e. The zero-order chi connectivity index (χ0) is 15.4. The van der Waals surface area contributed by atoms with Gasteiger partial charge in [0.2, 0.25) is 5.89 Å². The first-order valence-electron chi connectivity index (χ1n) is 7.73. The Morgan fingerprint density at radius 1 is 1.18 bits per heavy atom. The van der Waals surface area contributed by atoms with Gasteiger partial charge in [-0.25, -0.2) is 0 Å². The molecule has 0 saturated carbocycles. The Morgan fingerprint density at radius 2 is 1.95 bits per heavy atom. The molecule has 1 aliphatic heterocycles. The zero-order valence-electron chi connectivity index (χ0n) is 12.8. The highest BCUT2D eigenvalue weighted by molar-refractivity contribution is 7.16. The summed E-state index contributed by atoms with van der Waals surface area (Å²) < 4.78 is 6.05. The smallest absolute Gasteiger partial charge is 0.226 e. The van der Waals surface area contributed by atoms with E-state index >= 15 is 0 Å². The third kappa shape index (κ3) is 4.29. The van der Waals surface area contributed by atoms with E-state index in [4.69, 9.17) is 16.1 Å². The van der Waals surface area contributed by atoms with Gasteiger partial charge in [-0.2, -0.15) is 4.98 Å². The molecule has 0 spiro atoms. The number of aryl methyl sites for hydroxylation is 1. The Hall–Kier alpha value is -0.950. The van der Waals surface area contributed by atoms with Gasteiger partial charge in [0.1, 0.15) is 0 Å². The van der Waals surface area contributed by atoms with Gasteiger partial charge < -0.3 is 4.52 Å². The van der Waals surface area contributed by atoms with Crippen molar-refractivity contribution in [1.82, 2.24) is 19.9 Å². The Balaban J connectivity index is 1.51. The third-order valence-corrected chi connectivity index (χ3v) is 5.08. The Bertz CT molecular complexity index is 600. The SMILES string of the molecule is CCc1nc(CN2CCCN(Cc3ccc(Cl)s3)CC2)no1. The fourth-order valence-electron chi connectivity index (χ4n) is 2.70. The second-order valence-electron chi connectivity index (χ2n) is 5.57. The van der Waals surface area contributed by atoms with E-state index in [2.05, 4.69) is 26.0 Å². The maximum atomic E-state index is 6.01. The van der Waals surface area contributed by atoms with Gasteiger partial charge in [-0.1, -0.05) is 23.7 Å². The zero-order valence-corrected chi connectivity index (χ0v) is 14.4. The standard InChI is InChI=1S/C15H21ClN4OS/c1-2-15-17-14(18-21-15)11-20-7-3-6-19(8-9-20)10-12-4-5-13(16)22-12/h4-5H,2-3,6-11H2,1H3. The number of hydrogen-bond acceptors (Lipinski definition) is 6. The van der Waals surface area contributed by atoms with Crippen LogP contribution in [-0.2, 0) is 19.5 Å². The number of thiophene rings is 1. The maximum absolute atomic E-state index is 6.01. The van der Waals surface area contributed by atoms with Crippen LogP contribution < -0.4 is 0 Å². The maximum Gasteiger partial charge on any atom is 0.226 e. The predicted octanol–water partition coefficient (Wildman–Crippen LogP) is 3.05. The highest BCUT2D eigenvalue weighted by Crippen LogP contribution is 2.23. The second-order valence-corrected chi connectivity index (χ2v) is 7.37. The number of hydrogen-bond donors (Lipinski definition) is 0. The number of aromatic nitrogens is 2. The molecule has 5 nitrogen and oxygen atoms in total. The summed E-state index contributed by atoms with van der Waals surface area (Å²) in [6, 6.07) is 4.11. The van der Waals surface area contributed by atoms with E-state index in [1.54, 1.807) is 11.3 Å². The van der Waals surface area contributed by atoms with Crippen molar-refractivity contribution < 1.29 is 4.52 Å². The summed E-state index contributed by atoms with van der Waals surface area (Å²) in [5.74, 6) is 1.52. The van der Waals surface area contributed by atoms with Crippen LogP contribution >= 0.6 is 22.9 Å². The lowest BCUT2D eigenvalue weighted by Gasteiger charge is -2.20. The Labute approximate surface area is 139 Å². The van der Waals surface area contributed by atoms with Gasteiger partial charge in [0.05, 0.1) is 10.9 Å². The van der Waals surface area contributed by atoms with Crippen LogP contribution in [0.2, 0.25) is 4.34 Å². The molecule has 0 aliphatic carbocycles. The molecular formula is C15H21ClN4OS. The van der Waals surface area contributed by atoms with E-state index in [-0.39, 0.29) is 0 Å². The van der Waals surface area contributed by atoms with E-state index in [1.807, 2.05) is 13.0 Å². The molecule has 3 heterocycles. The largest absolute Gasteiger partial charge is 0.339 e. The second kappa shape index (κ2) is 7.55. The molecule has 3 rings (SSSR count). The summed E-state index contributed by atoms with van der Waals surface area (Å²) in [7, 11) is 0. The van der Waals surface area contributed by atoms with E-state index in [0.29, 0.717) is 0 Å². The van der Waals surface area contributed by atoms with Crippen molar-refractivity contribution in [1.29, 1.82) is 0 Å². The Morgan fingerprint density at radius 3 is 2.59 bits per heavy atom. The van der Waals surface area contributed by atoms with Crippen molar-refractivity contribution in [2.24, 2.45) is 0 Å². The van der Waals surface area contributed by atoms with Gasteiger partial charge in [0.25, 0.3) is 0 Å². The minimum absolute atomic E-state index is 0.723. The molecule has 120 valence electrons. The van der Waals surface area contributed by atoms with E-state index in [1.165, 1.54) is 4.88 Å². The van der Waals surface area contributed by atoms with Gasteiger partial charge >= 0.3 is 0 Å². The van der Waals surface area contributed by atoms with Gasteiger partial charge in [-0.05, 0) is 31.6 Å².